The second kappa shape index (κ2) is 73.8. The number of phosphoric acid groups is 2. The van der Waals surface area contributed by atoms with E-state index in [4.69, 9.17) is 37.0 Å². The molecular weight excluding hydrogens is 1350 g/mol. The molecule has 0 aliphatic rings. The highest BCUT2D eigenvalue weighted by molar-refractivity contribution is 7.47. The van der Waals surface area contributed by atoms with Crippen LogP contribution in [-0.2, 0) is 65.4 Å². The Bertz CT molecular complexity index is 2030. The summed E-state index contributed by atoms with van der Waals surface area (Å²) in [6.07, 6.45) is 62.5. The van der Waals surface area contributed by atoms with Gasteiger partial charge in [0.15, 0.2) is 12.2 Å². The molecule has 104 heavy (non-hydrogen) atoms. The molecule has 0 fully saturated rings. The number of hydrogen-bond acceptors (Lipinski definition) is 15. The van der Waals surface area contributed by atoms with Gasteiger partial charge in [0, 0.05) is 25.7 Å². The number of aliphatic hydroxyl groups excluding tert-OH is 1. The van der Waals surface area contributed by atoms with Crippen LogP contribution >= 0.6 is 15.6 Å². The number of carbonyl (C=O) groups excluding carboxylic acids is 4. The Kier molecular flexibility index (Phi) is 72.5. The van der Waals surface area contributed by atoms with Crippen molar-refractivity contribution in [1.82, 2.24) is 0 Å². The van der Waals surface area contributed by atoms with Gasteiger partial charge in [0.25, 0.3) is 0 Å². The van der Waals surface area contributed by atoms with Crippen molar-refractivity contribution in [2.45, 2.75) is 459 Å². The molecule has 0 aliphatic carbocycles. The van der Waals surface area contributed by atoms with Gasteiger partial charge in [0.2, 0.25) is 0 Å². The second-order valence-corrected chi connectivity index (χ2v) is 35.2. The molecule has 0 aliphatic heterocycles. The molecule has 6 atom stereocenters. The van der Waals surface area contributed by atoms with Gasteiger partial charge in [-0.1, -0.05) is 389 Å². The summed E-state index contributed by atoms with van der Waals surface area (Å²) in [4.78, 5) is 73.2. The zero-order valence-electron chi connectivity index (χ0n) is 68.7. The molecule has 3 N–H and O–H groups in total. The average Bonchev–Trinajstić information content (AvgIpc) is 0.933. The number of hydrogen-bond donors (Lipinski definition) is 3. The van der Waals surface area contributed by atoms with Crippen LogP contribution < -0.4 is 0 Å². The Morgan fingerprint density at radius 3 is 0.683 bits per heavy atom. The Morgan fingerprint density at radius 2 is 0.462 bits per heavy atom. The lowest BCUT2D eigenvalue weighted by Gasteiger charge is -2.21. The molecule has 0 spiro atoms. The highest BCUT2D eigenvalue weighted by atomic mass is 31.2. The van der Waals surface area contributed by atoms with Gasteiger partial charge in [-0.2, -0.15) is 0 Å². The summed E-state index contributed by atoms with van der Waals surface area (Å²) in [6.45, 7) is 14.3. The molecule has 19 heteroatoms. The zero-order valence-corrected chi connectivity index (χ0v) is 70.5. The topological polar surface area (TPSA) is 237 Å². The fourth-order valence-electron chi connectivity index (χ4n) is 13.1. The van der Waals surface area contributed by atoms with Crippen molar-refractivity contribution in [2.75, 3.05) is 39.6 Å². The number of phosphoric ester groups is 2. The Balaban J connectivity index is 5.24. The number of esters is 4. The minimum Gasteiger partial charge on any atom is -0.462 e. The normalized spacial score (nSPS) is 14.2. The summed E-state index contributed by atoms with van der Waals surface area (Å²) in [6, 6.07) is 0. The van der Waals surface area contributed by atoms with E-state index in [0.29, 0.717) is 25.7 Å². The number of unbranched alkanes of at least 4 members (excludes halogenated alkanes) is 47. The lowest BCUT2D eigenvalue weighted by molar-refractivity contribution is -0.161. The van der Waals surface area contributed by atoms with Gasteiger partial charge in [-0.25, -0.2) is 9.13 Å². The molecule has 0 bridgehead atoms. The van der Waals surface area contributed by atoms with Crippen LogP contribution in [0, 0.1) is 23.7 Å². The monoisotopic (exact) mass is 1520 g/mol. The van der Waals surface area contributed by atoms with E-state index in [1.54, 1.807) is 0 Å². The maximum Gasteiger partial charge on any atom is 0.472 e. The van der Waals surface area contributed by atoms with Gasteiger partial charge in [0.1, 0.15) is 19.3 Å². The molecule has 0 amide bonds. The number of ether oxygens (including phenoxy) is 4. The molecule has 17 nitrogen and oxygen atoms in total. The first-order chi connectivity index (χ1) is 50.1. The molecule has 3 unspecified atom stereocenters. The van der Waals surface area contributed by atoms with E-state index < -0.39 is 97.5 Å². The SMILES string of the molecule is CCC(C)CCCCCCCCC(=O)OC[C@H](COP(=O)(O)OC[C@H](O)COP(=O)(O)OC[C@@H](COC(=O)CCCCCCCCCCCCCCCCCC(C)C)OC(=O)CCCCCCCCCCCCCCCCCCCCC(C)C)OC(=O)CCCCCCCCCCCCCCC(C)C. The minimum atomic E-state index is -4.97. The number of rotatable bonds is 82. The van der Waals surface area contributed by atoms with Crippen LogP contribution in [-0.4, -0.2) is 96.7 Å². The predicted octanol–water partition coefficient (Wildman–Crippen LogP) is 25.6. The molecule has 0 aromatic heterocycles. The standard InChI is InChI=1S/C85H166O17P2/c1-9-78(8)64-56-48-43-44-50-58-66-83(88)96-72-81(102-85(90)68-60-52-42-36-30-24-23-27-33-39-47-55-63-77(6)7)74-100-104(93,94)98-70-79(86)69-97-103(91,92)99-73-80(71-95-82(87)65-57-49-40-34-28-21-18-14-16-20-26-32-38-46-54-62-76(4)5)101-84(89)67-59-51-41-35-29-22-17-13-11-10-12-15-19-25-31-37-45-53-61-75(2)3/h75-81,86H,9-74H2,1-8H3,(H,91,92)(H,93,94)/t78?,79-,80-,81-/m1/s1. The smallest absolute Gasteiger partial charge is 0.462 e. The van der Waals surface area contributed by atoms with Crippen molar-refractivity contribution >= 4 is 39.5 Å². The Hall–Kier alpha value is -1.94. The molecule has 0 aromatic carbocycles. The quantitative estimate of drug-likeness (QED) is 0.0222. The van der Waals surface area contributed by atoms with Crippen molar-refractivity contribution in [3.05, 3.63) is 0 Å². The van der Waals surface area contributed by atoms with Crippen molar-refractivity contribution in [2.24, 2.45) is 23.7 Å². The lowest BCUT2D eigenvalue weighted by atomic mass is 10.00. The van der Waals surface area contributed by atoms with E-state index >= 15 is 0 Å². The third-order valence-electron chi connectivity index (χ3n) is 20.2. The van der Waals surface area contributed by atoms with E-state index in [2.05, 4.69) is 55.4 Å². The molecule has 0 saturated heterocycles. The highest BCUT2D eigenvalue weighted by Gasteiger charge is 2.30. The van der Waals surface area contributed by atoms with Gasteiger partial charge in [0.05, 0.1) is 26.4 Å². The predicted molar refractivity (Wildman–Crippen MR) is 428 cm³/mol. The average molecular weight is 1520 g/mol. The van der Waals surface area contributed by atoms with E-state index in [1.807, 2.05) is 0 Å². The van der Waals surface area contributed by atoms with Crippen molar-refractivity contribution in [3.63, 3.8) is 0 Å². The Labute approximate surface area is 638 Å². The summed E-state index contributed by atoms with van der Waals surface area (Å²) >= 11 is 0. The van der Waals surface area contributed by atoms with Crippen molar-refractivity contribution in [1.29, 1.82) is 0 Å². The Morgan fingerprint density at radius 1 is 0.269 bits per heavy atom. The van der Waals surface area contributed by atoms with Gasteiger partial charge < -0.3 is 33.8 Å². The summed E-state index contributed by atoms with van der Waals surface area (Å²) in [5.74, 6) is 1.02. The molecular formula is C85H166O17P2. The van der Waals surface area contributed by atoms with Crippen LogP contribution in [0.5, 0.6) is 0 Å². The summed E-state index contributed by atoms with van der Waals surface area (Å²) < 4.78 is 68.8. The second-order valence-electron chi connectivity index (χ2n) is 32.2. The molecule has 0 heterocycles. The first-order valence-corrected chi connectivity index (χ1v) is 46.7. The van der Waals surface area contributed by atoms with Crippen LogP contribution in [0.25, 0.3) is 0 Å². The van der Waals surface area contributed by atoms with Crippen LogP contribution in [0.4, 0.5) is 0 Å². The van der Waals surface area contributed by atoms with E-state index in [-0.39, 0.29) is 25.7 Å². The summed E-state index contributed by atoms with van der Waals surface area (Å²) in [7, 11) is -9.93. The number of aliphatic hydroxyl groups is 1. The van der Waals surface area contributed by atoms with Gasteiger partial charge in [-0.15, -0.1) is 0 Å². The van der Waals surface area contributed by atoms with Crippen LogP contribution in [0.3, 0.4) is 0 Å². The third-order valence-corrected chi connectivity index (χ3v) is 22.1. The highest BCUT2D eigenvalue weighted by Crippen LogP contribution is 2.45. The fourth-order valence-corrected chi connectivity index (χ4v) is 14.7. The van der Waals surface area contributed by atoms with Crippen LogP contribution in [0.1, 0.15) is 441 Å². The first-order valence-electron chi connectivity index (χ1n) is 43.7. The first kappa shape index (κ1) is 102. The largest absolute Gasteiger partial charge is 0.472 e. The summed E-state index contributed by atoms with van der Waals surface area (Å²) in [5, 5.41) is 10.7. The van der Waals surface area contributed by atoms with Crippen molar-refractivity contribution < 1.29 is 80.2 Å². The van der Waals surface area contributed by atoms with E-state index in [9.17, 15) is 43.2 Å². The van der Waals surface area contributed by atoms with Gasteiger partial charge >= 0.3 is 39.5 Å². The summed E-state index contributed by atoms with van der Waals surface area (Å²) in [5.41, 5.74) is 0. The maximum absolute atomic E-state index is 13.1. The molecule has 0 aromatic rings. The van der Waals surface area contributed by atoms with Gasteiger partial charge in [-0.3, -0.25) is 37.3 Å². The number of carbonyl (C=O) groups is 4. The third kappa shape index (κ3) is 76.8. The van der Waals surface area contributed by atoms with E-state index in [1.165, 1.54) is 238 Å². The van der Waals surface area contributed by atoms with Gasteiger partial charge in [-0.05, 0) is 49.4 Å². The fraction of sp³-hybridized carbons (Fsp3) is 0.953. The van der Waals surface area contributed by atoms with Crippen LogP contribution in [0.2, 0.25) is 0 Å². The molecule has 0 saturated carbocycles. The molecule has 618 valence electrons. The lowest BCUT2D eigenvalue weighted by Crippen LogP contribution is -2.30. The van der Waals surface area contributed by atoms with Crippen LogP contribution in [0.15, 0.2) is 0 Å². The zero-order chi connectivity index (χ0) is 76.7. The maximum atomic E-state index is 13.1. The van der Waals surface area contributed by atoms with Crippen molar-refractivity contribution in [3.8, 4) is 0 Å². The molecule has 0 rings (SSSR count). The minimum absolute atomic E-state index is 0.106. The molecule has 0 radical (unpaired) electrons. The van der Waals surface area contributed by atoms with E-state index in [0.717, 1.165) is 120 Å².